The number of anilines is 1. The van der Waals surface area contributed by atoms with Gasteiger partial charge in [0.1, 0.15) is 5.69 Å². The summed E-state index contributed by atoms with van der Waals surface area (Å²) in [4.78, 5) is 10.4. The lowest BCUT2D eigenvalue weighted by Gasteiger charge is -2.00. The zero-order chi connectivity index (χ0) is 15.0. The van der Waals surface area contributed by atoms with E-state index in [1.54, 1.807) is 24.4 Å². The van der Waals surface area contributed by atoms with E-state index in [4.69, 9.17) is 17.3 Å². The van der Waals surface area contributed by atoms with Crippen LogP contribution in [0.5, 0.6) is 0 Å². The van der Waals surface area contributed by atoms with Crippen molar-refractivity contribution in [3.63, 3.8) is 0 Å². The molecule has 0 aliphatic rings. The molecule has 106 valence electrons. The van der Waals surface area contributed by atoms with Crippen molar-refractivity contribution in [3.05, 3.63) is 56.4 Å². The van der Waals surface area contributed by atoms with E-state index in [1.807, 2.05) is 5.38 Å². The Labute approximate surface area is 128 Å². The quantitative estimate of drug-likeness (QED) is 0.588. The minimum atomic E-state index is -0.448. The third-order valence-corrected chi connectivity index (χ3v) is 3.98. The molecule has 2 aromatic heterocycles. The summed E-state index contributed by atoms with van der Waals surface area (Å²) in [7, 11) is 0. The Morgan fingerprint density at radius 2 is 2.19 bits per heavy atom. The van der Waals surface area contributed by atoms with Crippen LogP contribution in [0, 0.1) is 10.1 Å². The molecular formula is C13H9ClN4O2S. The topological polar surface area (TPSA) is 87.0 Å². The number of non-ortho nitro benzene ring substituents is 1. The molecule has 3 aromatic rings. The molecule has 0 atom stereocenters. The molecule has 0 amide bonds. The number of nitro benzene ring substituents is 1. The van der Waals surface area contributed by atoms with Crippen molar-refractivity contribution >= 4 is 34.3 Å². The van der Waals surface area contributed by atoms with Crippen molar-refractivity contribution in [2.75, 3.05) is 5.73 Å². The van der Waals surface area contributed by atoms with Crippen LogP contribution in [0.4, 0.5) is 11.4 Å². The number of hydrogen-bond donors (Lipinski definition) is 1. The van der Waals surface area contributed by atoms with Crippen LogP contribution in [0.15, 0.2) is 41.9 Å². The zero-order valence-electron chi connectivity index (χ0n) is 10.6. The van der Waals surface area contributed by atoms with Crippen molar-refractivity contribution in [2.45, 2.75) is 0 Å². The average molecular weight is 321 g/mol. The van der Waals surface area contributed by atoms with Gasteiger partial charge in [-0.05, 0) is 12.1 Å². The maximum atomic E-state index is 10.8. The van der Waals surface area contributed by atoms with Crippen LogP contribution < -0.4 is 5.73 Å². The fourth-order valence-electron chi connectivity index (χ4n) is 1.93. The first-order valence-corrected chi connectivity index (χ1v) is 7.15. The summed E-state index contributed by atoms with van der Waals surface area (Å²) in [6.07, 6.45) is 1.62. The summed E-state index contributed by atoms with van der Waals surface area (Å²) in [5.74, 6) is 0. The van der Waals surface area contributed by atoms with Crippen molar-refractivity contribution in [1.82, 2.24) is 9.78 Å². The Morgan fingerprint density at radius 3 is 2.86 bits per heavy atom. The molecule has 3 rings (SSSR count). The van der Waals surface area contributed by atoms with E-state index in [2.05, 4.69) is 5.10 Å². The molecule has 1 aromatic carbocycles. The van der Waals surface area contributed by atoms with E-state index in [-0.39, 0.29) is 5.69 Å². The number of nitrogen functional groups attached to an aromatic ring is 1. The fraction of sp³-hybridized carbons (Fsp3) is 0. The second-order valence-corrected chi connectivity index (χ2v) is 5.84. The van der Waals surface area contributed by atoms with E-state index in [0.717, 1.165) is 5.56 Å². The van der Waals surface area contributed by atoms with Crippen LogP contribution >= 0.6 is 22.9 Å². The van der Waals surface area contributed by atoms with E-state index in [1.165, 1.54) is 28.2 Å². The molecule has 0 bridgehead atoms. The molecule has 6 nitrogen and oxygen atoms in total. The van der Waals surface area contributed by atoms with Crippen LogP contribution in [-0.4, -0.2) is 14.7 Å². The third-order valence-electron chi connectivity index (χ3n) is 2.89. The SMILES string of the molecule is Nc1cn(-c2cccc([N+](=O)[O-])c2)nc1-c1csc(Cl)c1. The number of nitrogens with two attached hydrogens (primary N) is 1. The molecule has 8 heteroatoms. The predicted octanol–water partition coefficient (Wildman–Crippen LogP) is 3.74. The van der Waals surface area contributed by atoms with Crippen molar-refractivity contribution in [3.8, 4) is 16.9 Å². The summed E-state index contributed by atoms with van der Waals surface area (Å²) < 4.78 is 2.16. The van der Waals surface area contributed by atoms with Gasteiger partial charge in [-0.25, -0.2) is 4.68 Å². The van der Waals surface area contributed by atoms with Gasteiger partial charge in [0, 0.05) is 23.1 Å². The maximum Gasteiger partial charge on any atom is 0.271 e. The van der Waals surface area contributed by atoms with Gasteiger partial charge in [-0.15, -0.1) is 11.3 Å². The number of halogens is 1. The lowest BCUT2D eigenvalue weighted by atomic mass is 10.2. The Kier molecular flexibility index (Phi) is 3.36. The number of aromatic nitrogens is 2. The van der Waals surface area contributed by atoms with Crippen LogP contribution in [0.3, 0.4) is 0 Å². The normalized spacial score (nSPS) is 10.7. The Bertz CT molecular complexity index is 827. The molecule has 2 N–H and O–H groups in total. The van der Waals surface area contributed by atoms with Gasteiger partial charge in [-0.3, -0.25) is 10.1 Å². The van der Waals surface area contributed by atoms with Crippen molar-refractivity contribution in [2.24, 2.45) is 0 Å². The summed E-state index contributed by atoms with van der Waals surface area (Å²) in [6, 6.07) is 7.98. The van der Waals surface area contributed by atoms with Gasteiger partial charge in [-0.2, -0.15) is 5.10 Å². The highest BCUT2D eigenvalue weighted by atomic mass is 35.5. The Hall–Kier alpha value is -2.38. The highest BCUT2D eigenvalue weighted by molar-refractivity contribution is 7.14. The van der Waals surface area contributed by atoms with Gasteiger partial charge in [0.05, 0.1) is 26.8 Å². The van der Waals surface area contributed by atoms with Gasteiger partial charge < -0.3 is 5.73 Å². The molecule has 0 saturated carbocycles. The third kappa shape index (κ3) is 2.61. The smallest absolute Gasteiger partial charge is 0.271 e. The first-order chi connectivity index (χ1) is 10.0. The van der Waals surface area contributed by atoms with Gasteiger partial charge in [0.2, 0.25) is 0 Å². The monoisotopic (exact) mass is 320 g/mol. The second kappa shape index (κ2) is 5.19. The molecule has 0 fully saturated rings. The van der Waals surface area contributed by atoms with Crippen LogP contribution in [0.1, 0.15) is 0 Å². The summed E-state index contributed by atoms with van der Waals surface area (Å²) in [5, 5.41) is 17.1. The van der Waals surface area contributed by atoms with Crippen molar-refractivity contribution in [1.29, 1.82) is 0 Å². The van der Waals surface area contributed by atoms with Gasteiger partial charge in [-0.1, -0.05) is 17.7 Å². The molecule has 0 aliphatic carbocycles. The molecule has 0 unspecified atom stereocenters. The van der Waals surface area contributed by atoms with E-state index in [0.29, 0.717) is 21.4 Å². The number of nitro groups is 1. The molecule has 2 heterocycles. The number of hydrogen-bond acceptors (Lipinski definition) is 5. The van der Waals surface area contributed by atoms with Gasteiger partial charge >= 0.3 is 0 Å². The van der Waals surface area contributed by atoms with Gasteiger partial charge in [0.25, 0.3) is 5.69 Å². The Morgan fingerprint density at radius 1 is 1.38 bits per heavy atom. The standard InChI is InChI=1S/C13H9ClN4O2S/c14-12-4-8(7-21-12)13-11(15)6-17(16-13)9-2-1-3-10(5-9)18(19)20/h1-7H,15H2. The predicted molar refractivity (Wildman–Crippen MR) is 83.0 cm³/mol. The van der Waals surface area contributed by atoms with Gasteiger partial charge in [0.15, 0.2) is 0 Å². The number of benzene rings is 1. The molecule has 0 spiro atoms. The van der Waals surface area contributed by atoms with E-state index >= 15 is 0 Å². The number of thiophene rings is 1. The van der Waals surface area contributed by atoms with Crippen LogP contribution in [0.2, 0.25) is 4.34 Å². The molecular weight excluding hydrogens is 312 g/mol. The second-order valence-electron chi connectivity index (χ2n) is 4.29. The lowest BCUT2D eigenvalue weighted by molar-refractivity contribution is -0.384. The minimum absolute atomic E-state index is 0.00157. The number of rotatable bonds is 3. The Balaban J connectivity index is 2.05. The summed E-state index contributed by atoms with van der Waals surface area (Å²) >= 11 is 7.30. The molecule has 21 heavy (non-hydrogen) atoms. The maximum absolute atomic E-state index is 10.8. The van der Waals surface area contributed by atoms with Crippen LogP contribution in [0.25, 0.3) is 16.9 Å². The van der Waals surface area contributed by atoms with Crippen LogP contribution in [-0.2, 0) is 0 Å². The zero-order valence-corrected chi connectivity index (χ0v) is 12.1. The summed E-state index contributed by atoms with van der Waals surface area (Å²) in [5.41, 5.74) is 8.45. The highest BCUT2D eigenvalue weighted by Gasteiger charge is 2.13. The average Bonchev–Trinajstić information content (AvgIpc) is 3.05. The highest BCUT2D eigenvalue weighted by Crippen LogP contribution is 2.31. The van der Waals surface area contributed by atoms with E-state index < -0.39 is 4.92 Å². The summed E-state index contributed by atoms with van der Waals surface area (Å²) in [6.45, 7) is 0. The first kappa shape index (κ1) is 13.6. The minimum Gasteiger partial charge on any atom is -0.396 e. The van der Waals surface area contributed by atoms with Crippen molar-refractivity contribution < 1.29 is 4.92 Å². The first-order valence-electron chi connectivity index (χ1n) is 5.89. The largest absolute Gasteiger partial charge is 0.396 e. The number of nitrogens with zero attached hydrogens (tertiary/aromatic N) is 3. The lowest BCUT2D eigenvalue weighted by Crippen LogP contribution is -1.96. The van der Waals surface area contributed by atoms with E-state index in [9.17, 15) is 10.1 Å². The molecule has 0 aliphatic heterocycles. The molecule has 0 saturated heterocycles. The molecule has 0 radical (unpaired) electrons. The fourth-order valence-corrected chi connectivity index (χ4v) is 2.79.